The molecule has 1 aromatic heterocycles. The molecule has 0 saturated carbocycles. The molecule has 20 heavy (non-hydrogen) atoms. The van der Waals surface area contributed by atoms with Gasteiger partial charge in [-0.25, -0.2) is 4.79 Å². The molecule has 112 valence electrons. The first-order valence-electron chi connectivity index (χ1n) is 6.34. The van der Waals surface area contributed by atoms with E-state index >= 15 is 0 Å². The van der Waals surface area contributed by atoms with E-state index < -0.39 is 11.2 Å². The topological polar surface area (TPSA) is 102 Å². The highest BCUT2D eigenvalue weighted by Gasteiger charge is 2.15. The largest absolute Gasteiger partial charge is 0.383 e. The molecule has 0 bridgehead atoms. The van der Waals surface area contributed by atoms with E-state index in [4.69, 9.17) is 5.73 Å². The average Bonchev–Trinajstić information content (AvgIpc) is 2.40. The number of nitrogen functional groups attached to an aromatic ring is 1. The Labute approximate surface area is 116 Å². The van der Waals surface area contributed by atoms with Gasteiger partial charge in [-0.2, -0.15) is 0 Å². The van der Waals surface area contributed by atoms with Crippen molar-refractivity contribution in [1.82, 2.24) is 14.0 Å². The first-order valence-corrected chi connectivity index (χ1v) is 6.34. The molecule has 0 aliphatic rings. The standard InChI is InChI=1S/C12H21N5O3/c1-5-6-17-10(13)9(11(19)16(4)12(17)20)14-7-8(18)15(2)3/h14H,5-7,13H2,1-4H3. The van der Waals surface area contributed by atoms with Crippen molar-refractivity contribution in [3.63, 3.8) is 0 Å². The third-order valence-corrected chi connectivity index (χ3v) is 2.95. The van der Waals surface area contributed by atoms with Crippen LogP contribution in [0.15, 0.2) is 9.59 Å². The van der Waals surface area contributed by atoms with Gasteiger partial charge >= 0.3 is 5.69 Å². The van der Waals surface area contributed by atoms with E-state index in [-0.39, 0.29) is 24.0 Å². The monoisotopic (exact) mass is 283 g/mol. The van der Waals surface area contributed by atoms with Crippen molar-refractivity contribution in [1.29, 1.82) is 0 Å². The van der Waals surface area contributed by atoms with Gasteiger partial charge in [-0.15, -0.1) is 0 Å². The van der Waals surface area contributed by atoms with E-state index in [2.05, 4.69) is 5.32 Å². The number of anilines is 2. The van der Waals surface area contributed by atoms with Crippen molar-refractivity contribution in [2.24, 2.45) is 7.05 Å². The molecule has 0 spiro atoms. The number of amides is 1. The van der Waals surface area contributed by atoms with Crippen molar-refractivity contribution >= 4 is 17.4 Å². The van der Waals surface area contributed by atoms with Gasteiger partial charge in [-0.1, -0.05) is 6.92 Å². The average molecular weight is 283 g/mol. The van der Waals surface area contributed by atoms with E-state index in [0.29, 0.717) is 13.0 Å². The predicted octanol–water partition coefficient (Wildman–Crippen LogP) is -0.961. The molecule has 1 rings (SSSR count). The van der Waals surface area contributed by atoms with Crippen LogP contribution < -0.4 is 22.3 Å². The molecule has 0 aromatic carbocycles. The Morgan fingerprint density at radius 3 is 2.45 bits per heavy atom. The maximum absolute atomic E-state index is 12.0. The van der Waals surface area contributed by atoms with Crippen LogP contribution in [-0.2, 0) is 18.4 Å². The van der Waals surface area contributed by atoms with Crippen LogP contribution in [0.4, 0.5) is 11.5 Å². The van der Waals surface area contributed by atoms with Gasteiger partial charge in [0.05, 0.1) is 6.54 Å². The summed E-state index contributed by atoms with van der Waals surface area (Å²) in [4.78, 5) is 36.9. The number of nitrogens with two attached hydrogens (primary N) is 1. The number of carbonyl (C=O) groups excluding carboxylic acids is 1. The molecule has 0 aliphatic carbocycles. The molecule has 1 heterocycles. The SMILES string of the molecule is CCCn1c(N)c(NCC(=O)N(C)C)c(=O)n(C)c1=O. The van der Waals surface area contributed by atoms with E-state index in [1.54, 1.807) is 14.1 Å². The summed E-state index contributed by atoms with van der Waals surface area (Å²) in [5.74, 6) is -0.133. The Morgan fingerprint density at radius 2 is 1.95 bits per heavy atom. The maximum atomic E-state index is 12.0. The highest BCUT2D eigenvalue weighted by Crippen LogP contribution is 2.10. The van der Waals surface area contributed by atoms with E-state index in [0.717, 1.165) is 4.57 Å². The second kappa shape index (κ2) is 6.27. The summed E-state index contributed by atoms with van der Waals surface area (Å²) < 4.78 is 2.30. The summed E-state index contributed by atoms with van der Waals surface area (Å²) in [6.07, 6.45) is 0.707. The first kappa shape index (κ1) is 15.8. The summed E-state index contributed by atoms with van der Waals surface area (Å²) in [5, 5.41) is 2.72. The number of hydrogen-bond donors (Lipinski definition) is 2. The van der Waals surface area contributed by atoms with E-state index in [1.165, 1.54) is 16.5 Å². The Bertz CT molecular complexity index is 615. The molecule has 1 aromatic rings. The lowest BCUT2D eigenvalue weighted by molar-refractivity contribution is -0.126. The summed E-state index contributed by atoms with van der Waals surface area (Å²) in [7, 11) is 4.61. The lowest BCUT2D eigenvalue weighted by atomic mass is 10.4. The predicted molar refractivity (Wildman–Crippen MR) is 77.8 cm³/mol. The third-order valence-electron chi connectivity index (χ3n) is 2.95. The van der Waals surface area contributed by atoms with Gasteiger partial charge in [0.15, 0.2) is 0 Å². The fourth-order valence-corrected chi connectivity index (χ4v) is 1.71. The van der Waals surface area contributed by atoms with Crippen LogP contribution in [0.2, 0.25) is 0 Å². The molecule has 0 fully saturated rings. The Balaban J connectivity index is 3.23. The Hall–Kier alpha value is -2.25. The normalized spacial score (nSPS) is 10.4. The molecule has 0 aliphatic heterocycles. The Morgan fingerprint density at radius 1 is 1.35 bits per heavy atom. The fraction of sp³-hybridized carbons (Fsp3) is 0.583. The third kappa shape index (κ3) is 3.01. The van der Waals surface area contributed by atoms with Crippen molar-refractivity contribution in [2.75, 3.05) is 31.7 Å². The number of rotatable bonds is 5. The van der Waals surface area contributed by atoms with Crippen LogP contribution in [0.25, 0.3) is 0 Å². The van der Waals surface area contributed by atoms with Gasteiger partial charge in [0, 0.05) is 27.7 Å². The molecular weight excluding hydrogens is 262 g/mol. The van der Waals surface area contributed by atoms with Gasteiger partial charge in [0.1, 0.15) is 11.5 Å². The number of hydrogen-bond acceptors (Lipinski definition) is 5. The van der Waals surface area contributed by atoms with E-state index in [1.807, 2.05) is 6.92 Å². The van der Waals surface area contributed by atoms with Crippen molar-refractivity contribution < 1.29 is 4.79 Å². The van der Waals surface area contributed by atoms with Gasteiger partial charge in [0.2, 0.25) is 5.91 Å². The summed E-state index contributed by atoms with van der Waals surface area (Å²) in [5.41, 5.74) is 4.95. The minimum absolute atomic E-state index is 0.0588. The van der Waals surface area contributed by atoms with Gasteiger partial charge in [0.25, 0.3) is 5.56 Å². The smallest absolute Gasteiger partial charge is 0.332 e. The van der Waals surface area contributed by atoms with Crippen molar-refractivity contribution in [3.8, 4) is 0 Å². The molecular formula is C12H21N5O3. The first-order chi connectivity index (χ1) is 9.31. The minimum atomic E-state index is -0.536. The number of likely N-dealkylation sites (N-methyl/N-ethyl adjacent to an activating group) is 1. The molecule has 0 atom stereocenters. The Kier molecular flexibility index (Phi) is 4.95. The highest BCUT2D eigenvalue weighted by atomic mass is 16.2. The molecule has 3 N–H and O–H groups in total. The highest BCUT2D eigenvalue weighted by molar-refractivity contribution is 5.81. The minimum Gasteiger partial charge on any atom is -0.383 e. The summed E-state index contributed by atoms with van der Waals surface area (Å²) >= 11 is 0. The van der Waals surface area contributed by atoms with Crippen LogP contribution in [0, 0.1) is 0 Å². The molecule has 8 nitrogen and oxygen atoms in total. The van der Waals surface area contributed by atoms with Crippen LogP contribution in [0.1, 0.15) is 13.3 Å². The lowest BCUT2D eigenvalue weighted by Gasteiger charge is -2.16. The second-order valence-corrected chi connectivity index (χ2v) is 4.70. The molecule has 0 radical (unpaired) electrons. The van der Waals surface area contributed by atoms with Crippen LogP contribution >= 0.6 is 0 Å². The number of carbonyl (C=O) groups is 1. The van der Waals surface area contributed by atoms with Crippen LogP contribution in [0.3, 0.4) is 0 Å². The van der Waals surface area contributed by atoms with Crippen LogP contribution in [-0.4, -0.2) is 40.6 Å². The van der Waals surface area contributed by atoms with Gasteiger partial charge < -0.3 is 16.0 Å². The van der Waals surface area contributed by atoms with Crippen molar-refractivity contribution in [3.05, 3.63) is 20.8 Å². The molecule has 1 amide bonds. The number of nitrogens with zero attached hydrogens (tertiary/aromatic N) is 3. The quantitative estimate of drug-likeness (QED) is 0.724. The summed E-state index contributed by atoms with van der Waals surface area (Å²) in [6, 6.07) is 0. The van der Waals surface area contributed by atoms with Crippen molar-refractivity contribution in [2.45, 2.75) is 19.9 Å². The summed E-state index contributed by atoms with van der Waals surface area (Å²) in [6.45, 7) is 2.26. The zero-order valence-corrected chi connectivity index (χ0v) is 12.3. The maximum Gasteiger partial charge on any atom is 0.332 e. The van der Waals surface area contributed by atoms with Crippen LogP contribution in [0.5, 0.6) is 0 Å². The molecule has 0 unspecified atom stereocenters. The molecule has 8 heteroatoms. The zero-order chi connectivity index (χ0) is 15.4. The van der Waals surface area contributed by atoms with Gasteiger partial charge in [-0.3, -0.25) is 18.7 Å². The number of aromatic nitrogens is 2. The van der Waals surface area contributed by atoms with E-state index in [9.17, 15) is 14.4 Å². The number of nitrogens with one attached hydrogen (secondary N) is 1. The zero-order valence-electron chi connectivity index (χ0n) is 12.3. The van der Waals surface area contributed by atoms with Gasteiger partial charge in [-0.05, 0) is 6.42 Å². The fourth-order valence-electron chi connectivity index (χ4n) is 1.71. The lowest BCUT2D eigenvalue weighted by Crippen LogP contribution is -2.41. The molecule has 0 saturated heterocycles. The second-order valence-electron chi connectivity index (χ2n) is 4.70.